The lowest BCUT2D eigenvalue weighted by atomic mass is 10.1. The van der Waals surface area contributed by atoms with E-state index in [-0.39, 0.29) is 23.8 Å². The van der Waals surface area contributed by atoms with Gasteiger partial charge in [-0.3, -0.25) is 19.7 Å². The fraction of sp³-hybridized carbons (Fsp3) is 0.143. The Hall–Kier alpha value is -4.10. The predicted molar refractivity (Wildman–Crippen MR) is 158 cm³/mol. The van der Waals surface area contributed by atoms with Crippen LogP contribution < -0.4 is 29.7 Å². The van der Waals surface area contributed by atoms with Crippen molar-refractivity contribution in [2.45, 2.75) is 6.92 Å². The molecule has 0 unspecified atom stereocenters. The van der Waals surface area contributed by atoms with Gasteiger partial charge >= 0.3 is 6.03 Å². The molecule has 3 aromatic rings. The Bertz CT molecular complexity index is 1490. The molecule has 0 radical (unpaired) electrons. The number of methoxy groups -OCH3 is 1. The Morgan fingerprint density at radius 3 is 2.40 bits per heavy atom. The average molecular weight is 676 g/mol. The fourth-order valence-electron chi connectivity index (χ4n) is 3.73. The summed E-state index contributed by atoms with van der Waals surface area (Å²) in [4.78, 5) is 51.7. The number of carbonyl (C=O) groups is 4. The molecule has 5 amide bonds. The number of hydrogen-bond donors (Lipinski definition) is 2. The Morgan fingerprint density at radius 1 is 1.05 bits per heavy atom. The second kappa shape index (κ2) is 12.8. The molecule has 206 valence electrons. The summed E-state index contributed by atoms with van der Waals surface area (Å²) in [6, 6.07) is 15.3. The van der Waals surface area contributed by atoms with E-state index in [1.54, 1.807) is 55.5 Å². The van der Waals surface area contributed by atoms with Gasteiger partial charge in [-0.2, -0.15) is 0 Å². The predicted octanol–water partition coefficient (Wildman–Crippen LogP) is 5.04. The van der Waals surface area contributed by atoms with Crippen LogP contribution in [0.3, 0.4) is 0 Å². The first-order valence-corrected chi connectivity index (χ1v) is 13.4. The van der Waals surface area contributed by atoms with Gasteiger partial charge in [-0.1, -0.05) is 11.6 Å². The van der Waals surface area contributed by atoms with E-state index in [1.807, 2.05) is 22.6 Å². The number of benzene rings is 3. The number of amides is 5. The number of carbonyl (C=O) groups excluding carboxylic acids is 4. The number of nitrogens with one attached hydrogen (secondary N) is 2. The monoisotopic (exact) mass is 675 g/mol. The molecule has 10 nitrogen and oxygen atoms in total. The summed E-state index contributed by atoms with van der Waals surface area (Å²) in [6.07, 6.45) is 1.36. The van der Waals surface area contributed by atoms with Crippen LogP contribution in [0, 0.1) is 3.57 Å². The van der Waals surface area contributed by atoms with Gasteiger partial charge in [0.05, 0.1) is 23.0 Å². The van der Waals surface area contributed by atoms with Gasteiger partial charge in [0.25, 0.3) is 17.7 Å². The maximum Gasteiger partial charge on any atom is 0.335 e. The van der Waals surface area contributed by atoms with Crippen molar-refractivity contribution >= 4 is 75.4 Å². The number of anilines is 2. The summed E-state index contributed by atoms with van der Waals surface area (Å²) >= 11 is 7.89. The highest BCUT2D eigenvalue weighted by Crippen LogP contribution is 2.35. The van der Waals surface area contributed by atoms with E-state index in [0.717, 1.165) is 4.90 Å². The van der Waals surface area contributed by atoms with E-state index in [2.05, 4.69) is 10.6 Å². The SMILES string of the molecule is CCOc1cc(/C=C2\C(=O)NC(=O)N(c3ccc(OC)cc3)C2=O)cc(I)c1OCC(=O)Nc1ccc(Cl)cc1. The number of ether oxygens (including phenoxy) is 3. The van der Waals surface area contributed by atoms with Crippen molar-refractivity contribution in [3.05, 3.63) is 80.4 Å². The molecule has 40 heavy (non-hydrogen) atoms. The van der Waals surface area contributed by atoms with Crippen molar-refractivity contribution in [2.75, 3.05) is 30.5 Å². The van der Waals surface area contributed by atoms with Crippen molar-refractivity contribution in [2.24, 2.45) is 0 Å². The third kappa shape index (κ3) is 6.72. The molecular weight excluding hydrogens is 653 g/mol. The molecule has 0 bridgehead atoms. The van der Waals surface area contributed by atoms with Crippen LogP contribution in [0.2, 0.25) is 5.02 Å². The van der Waals surface area contributed by atoms with Crippen LogP contribution in [0.15, 0.2) is 66.2 Å². The van der Waals surface area contributed by atoms with Crippen LogP contribution in [-0.2, 0) is 14.4 Å². The van der Waals surface area contributed by atoms with Crippen LogP contribution in [0.1, 0.15) is 12.5 Å². The Kier molecular flexibility index (Phi) is 9.27. The van der Waals surface area contributed by atoms with E-state index in [9.17, 15) is 19.2 Å². The highest BCUT2D eigenvalue weighted by atomic mass is 127. The number of urea groups is 1. The molecule has 1 aliphatic rings. The Morgan fingerprint density at radius 2 is 1.75 bits per heavy atom. The largest absolute Gasteiger partial charge is 0.497 e. The Balaban J connectivity index is 1.57. The minimum absolute atomic E-state index is 0.246. The van der Waals surface area contributed by atoms with Gasteiger partial charge in [0.2, 0.25) is 0 Å². The highest BCUT2D eigenvalue weighted by Gasteiger charge is 2.37. The summed E-state index contributed by atoms with van der Waals surface area (Å²) in [5.74, 6) is -0.821. The quantitative estimate of drug-likeness (QED) is 0.185. The van der Waals surface area contributed by atoms with Gasteiger partial charge < -0.3 is 19.5 Å². The van der Waals surface area contributed by atoms with Crippen molar-refractivity contribution in [1.82, 2.24) is 5.32 Å². The number of hydrogen-bond acceptors (Lipinski definition) is 7. The minimum Gasteiger partial charge on any atom is -0.497 e. The van der Waals surface area contributed by atoms with Crippen molar-refractivity contribution in [3.63, 3.8) is 0 Å². The van der Waals surface area contributed by atoms with E-state index in [0.29, 0.717) is 43.7 Å². The molecule has 0 saturated carbocycles. The first-order chi connectivity index (χ1) is 19.2. The molecular formula is C28H23ClIN3O7. The lowest BCUT2D eigenvalue weighted by molar-refractivity contribution is -0.122. The number of imide groups is 2. The molecule has 0 aliphatic carbocycles. The first-order valence-electron chi connectivity index (χ1n) is 11.9. The summed E-state index contributed by atoms with van der Waals surface area (Å²) in [5, 5.41) is 5.46. The minimum atomic E-state index is -0.859. The van der Waals surface area contributed by atoms with Crippen LogP contribution in [0.25, 0.3) is 6.08 Å². The van der Waals surface area contributed by atoms with Gasteiger partial charge in [-0.15, -0.1) is 0 Å². The van der Waals surface area contributed by atoms with Crippen molar-refractivity contribution in [3.8, 4) is 17.2 Å². The maximum absolute atomic E-state index is 13.2. The molecule has 0 atom stereocenters. The van der Waals surface area contributed by atoms with Gasteiger partial charge in [0.15, 0.2) is 18.1 Å². The second-order valence-electron chi connectivity index (χ2n) is 8.26. The molecule has 1 fully saturated rings. The van der Waals surface area contributed by atoms with Crippen molar-refractivity contribution in [1.29, 1.82) is 0 Å². The normalized spacial score (nSPS) is 14.2. The fourth-order valence-corrected chi connectivity index (χ4v) is 4.64. The van der Waals surface area contributed by atoms with Crippen molar-refractivity contribution < 1.29 is 33.4 Å². The summed E-state index contributed by atoms with van der Waals surface area (Å²) in [7, 11) is 1.50. The van der Waals surface area contributed by atoms with Gasteiger partial charge in [0.1, 0.15) is 11.3 Å². The number of nitrogens with zero attached hydrogens (tertiary/aromatic N) is 1. The molecule has 12 heteroatoms. The standard InChI is InChI=1S/C28H23ClIN3O7/c1-3-39-23-14-16(13-22(30)25(23)40-15-24(34)31-18-6-4-17(29)5-7-18)12-21-26(35)32-28(37)33(27(21)36)19-8-10-20(38-2)11-9-19/h4-14H,3,15H2,1-2H3,(H,31,34)(H,32,35,37)/b21-12+. The molecule has 4 rings (SSSR count). The molecule has 1 heterocycles. The van der Waals surface area contributed by atoms with Crippen LogP contribution in [0.5, 0.6) is 17.2 Å². The van der Waals surface area contributed by atoms with Gasteiger partial charge in [-0.25, -0.2) is 9.69 Å². The maximum atomic E-state index is 13.2. The topological polar surface area (TPSA) is 123 Å². The van der Waals surface area contributed by atoms with Crippen LogP contribution >= 0.6 is 34.2 Å². The number of halogens is 2. The third-order valence-electron chi connectivity index (χ3n) is 5.55. The lowest BCUT2D eigenvalue weighted by Crippen LogP contribution is -2.54. The zero-order valence-electron chi connectivity index (χ0n) is 21.3. The first kappa shape index (κ1) is 28.9. The Labute approximate surface area is 248 Å². The third-order valence-corrected chi connectivity index (χ3v) is 6.60. The van der Waals surface area contributed by atoms with Gasteiger partial charge in [0, 0.05) is 10.7 Å². The average Bonchev–Trinajstić information content (AvgIpc) is 2.92. The van der Waals surface area contributed by atoms with Crippen LogP contribution in [-0.4, -0.2) is 44.1 Å². The second-order valence-corrected chi connectivity index (χ2v) is 9.86. The summed E-state index contributed by atoms with van der Waals surface area (Å²) in [6.45, 7) is 1.78. The van der Waals surface area contributed by atoms with E-state index in [4.69, 9.17) is 25.8 Å². The molecule has 1 aliphatic heterocycles. The van der Waals surface area contributed by atoms with Gasteiger partial charge in [-0.05, 0) is 102 Å². The molecule has 1 saturated heterocycles. The summed E-state index contributed by atoms with van der Waals surface area (Å²) < 4.78 is 17.2. The molecule has 0 spiro atoms. The molecule has 0 aromatic heterocycles. The van der Waals surface area contributed by atoms with E-state index < -0.39 is 17.8 Å². The molecule has 3 aromatic carbocycles. The smallest absolute Gasteiger partial charge is 0.335 e. The molecule has 2 N–H and O–H groups in total. The zero-order chi connectivity index (χ0) is 28.8. The number of barbiturate groups is 1. The van der Waals surface area contributed by atoms with E-state index in [1.165, 1.54) is 25.3 Å². The number of rotatable bonds is 9. The highest BCUT2D eigenvalue weighted by molar-refractivity contribution is 14.1. The summed E-state index contributed by atoms with van der Waals surface area (Å²) in [5.41, 5.74) is 1.04. The lowest BCUT2D eigenvalue weighted by Gasteiger charge is -2.26. The van der Waals surface area contributed by atoms with E-state index >= 15 is 0 Å². The van der Waals surface area contributed by atoms with Crippen LogP contribution in [0.4, 0.5) is 16.2 Å². The zero-order valence-corrected chi connectivity index (χ0v) is 24.2.